The van der Waals surface area contributed by atoms with Gasteiger partial charge in [0.15, 0.2) is 0 Å². The SMILES string of the molecule is Cc1c(C(=O)N2CCCCC2C)sc2ncn(Cc3cccc(F)c3)c(=O)c12. The molecule has 4 rings (SSSR count). The molecule has 28 heavy (non-hydrogen) atoms. The predicted octanol–water partition coefficient (Wildman–Crippen LogP) is 3.97. The fraction of sp³-hybridized carbons (Fsp3) is 0.381. The zero-order valence-corrected chi connectivity index (χ0v) is 16.8. The van der Waals surface area contributed by atoms with Gasteiger partial charge in [0.1, 0.15) is 10.6 Å². The molecule has 1 atom stereocenters. The van der Waals surface area contributed by atoms with E-state index < -0.39 is 0 Å². The lowest BCUT2D eigenvalue weighted by Gasteiger charge is -2.33. The molecule has 1 aliphatic rings. The van der Waals surface area contributed by atoms with Crippen LogP contribution in [0.2, 0.25) is 0 Å². The van der Waals surface area contributed by atoms with Gasteiger partial charge in [-0.1, -0.05) is 12.1 Å². The zero-order chi connectivity index (χ0) is 19.8. The molecule has 0 aliphatic carbocycles. The van der Waals surface area contributed by atoms with Crippen LogP contribution in [-0.4, -0.2) is 32.9 Å². The summed E-state index contributed by atoms with van der Waals surface area (Å²) in [5.74, 6) is -0.349. The number of thiophene rings is 1. The van der Waals surface area contributed by atoms with Crippen molar-refractivity contribution >= 4 is 27.5 Å². The highest BCUT2D eigenvalue weighted by molar-refractivity contribution is 7.20. The van der Waals surface area contributed by atoms with Crippen molar-refractivity contribution in [1.29, 1.82) is 0 Å². The Hall–Kier alpha value is -2.54. The van der Waals surface area contributed by atoms with Crippen molar-refractivity contribution < 1.29 is 9.18 Å². The molecule has 3 aromatic rings. The third kappa shape index (κ3) is 3.35. The van der Waals surface area contributed by atoms with Gasteiger partial charge >= 0.3 is 0 Å². The number of rotatable bonds is 3. The first-order chi connectivity index (χ1) is 13.5. The summed E-state index contributed by atoms with van der Waals surface area (Å²) in [5.41, 5.74) is 1.18. The van der Waals surface area contributed by atoms with Crippen molar-refractivity contribution in [3.63, 3.8) is 0 Å². The number of benzene rings is 1. The van der Waals surface area contributed by atoms with Gasteiger partial charge in [0, 0.05) is 12.6 Å². The van der Waals surface area contributed by atoms with Gasteiger partial charge in [0.05, 0.1) is 23.1 Å². The molecular weight excluding hydrogens is 377 g/mol. The number of carbonyl (C=O) groups is 1. The summed E-state index contributed by atoms with van der Waals surface area (Å²) >= 11 is 1.28. The Labute approximate surface area is 166 Å². The molecule has 1 aromatic carbocycles. The van der Waals surface area contributed by atoms with Gasteiger partial charge in [-0.25, -0.2) is 9.37 Å². The van der Waals surface area contributed by atoms with Crippen LogP contribution in [0.25, 0.3) is 10.2 Å². The van der Waals surface area contributed by atoms with Gasteiger partial charge < -0.3 is 4.90 Å². The molecule has 3 heterocycles. The first-order valence-corrected chi connectivity index (χ1v) is 10.3. The molecule has 1 aliphatic heterocycles. The number of amides is 1. The minimum Gasteiger partial charge on any atom is -0.335 e. The molecule has 0 spiro atoms. The lowest BCUT2D eigenvalue weighted by atomic mass is 10.0. The van der Waals surface area contributed by atoms with E-state index >= 15 is 0 Å². The molecule has 0 bridgehead atoms. The van der Waals surface area contributed by atoms with E-state index in [1.807, 2.05) is 11.8 Å². The Morgan fingerprint density at radius 1 is 1.36 bits per heavy atom. The van der Waals surface area contributed by atoms with Crippen molar-refractivity contribution in [3.05, 3.63) is 62.8 Å². The molecule has 2 aromatic heterocycles. The quantitative estimate of drug-likeness (QED) is 0.670. The summed E-state index contributed by atoms with van der Waals surface area (Å²) in [7, 11) is 0. The maximum atomic E-state index is 13.4. The topological polar surface area (TPSA) is 55.2 Å². The third-order valence-corrected chi connectivity index (χ3v) is 6.61. The molecule has 7 heteroatoms. The van der Waals surface area contributed by atoms with Gasteiger partial charge in [0.2, 0.25) is 0 Å². The molecule has 0 radical (unpaired) electrons. The second kappa shape index (κ2) is 7.47. The standard InChI is InChI=1S/C21H22FN3O2S/c1-13-6-3-4-9-25(13)21(27)18-14(2)17-19(28-18)23-12-24(20(17)26)11-15-7-5-8-16(22)10-15/h5,7-8,10,12-13H,3-4,6,9,11H2,1-2H3. The first-order valence-electron chi connectivity index (χ1n) is 9.49. The van der Waals surface area contributed by atoms with Crippen molar-refractivity contribution in [3.8, 4) is 0 Å². The summed E-state index contributed by atoms with van der Waals surface area (Å²) in [6, 6.07) is 6.38. The first kappa shape index (κ1) is 18.8. The van der Waals surface area contributed by atoms with Crippen LogP contribution in [0.4, 0.5) is 4.39 Å². The van der Waals surface area contributed by atoms with Gasteiger partial charge in [-0.15, -0.1) is 11.3 Å². The summed E-state index contributed by atoms with van der Waals surface area (Å²) in [6.45, 7) is 4.88. The minimum absolute atomic E-state index is 0.0104. The summed E-state index contributed by atoms with van der Waals surface area (Å²) in [6.07, 6.45) is 4.64. The fourth-order valence-electron chi connectivity index (χ4n) is 3.84. The van der Waals surface area contributed by atoms with Crippen LogP contribution in [0.3, 0.4) is 0 Å². The van der Waals surface area contributed by atoms with E-state index in [-0.39, 0.29) is 29.9 Å². The highest BCUT2D eigenvalue weighted by Gasteiger charge is 2.28. The van der Waals surface area contributed by atoms with E-state index in [0.29, 0.717) is 26.2 Å². The summed E-state index contributed by atoms with van der Waals surface area (Å²) in [4.78, 5) is 33.6. The molecule has 146 valence electrons. The fourth-order valence-corrected chi connectivity index (χ4v) is 4.93. The Balaban J connectivity index is 1.72. The zero-order valence-electron chi connectivity index (χ0n) is 15.9. The highest BCUT2D eigenvalue weighted by atomic mass is 32.1. The molecule has 0 N–H and O–H groups in total. The molecule has 1 amide bonds. The monoisotopic (exact) mass is 399 g/mol. The maximum Gasteiger partial charge on any atom is 0.264 e. The van der Waals surface area contributed by atoms with E-state index in [1.54, 1.807) is 12.1 Å². The smallest absolute Gasteiger partial charge is 0.264 e. The van der Waals surface area contributed by atoms with Gasteiger partial charge in [-0.05, 0) is 56.4 Å². The number of piperidine rings is 1. The van der Waals surface area contributed by atoms with Crippen LogP contribution >= 0.6 is 11.3 Å². The third-order valence-electron chi connectivity index (χ3n) is 5.42. The Bertz CT molecular complexity index is 1100. The molecule has 1 fully saturated rings. The average Bonchev–Trinajstić information content (AvgIpc) is 3.01. The van der Waals surface area contributed by atoms with Crippen molar-refractivity contribution in [2.45, 2.75) is 45.7 Å². The van der Waals surface area contributed by atoms with Crippen LogP contribution in [0.1, 0.15) is 47.0 Å². The predicted molar refractivity (Wildman–Crippen MR) is 108 cm³/mol. The van der Waals surface area contributed by atoms with Crippen LogP contribution in [0.15, 0.2) is 35.4 Å². The second-order valence-corrected chi connectivity index (χ2v) is 8.39. The Morgan fingerprint density at radius 2 is 2.18 bits per heavy atom. The molecule has 1 unspecified atom stereocenters. The number of aromatic nitrogens is 2. The largest absolute Gasteiger partial charge is 0.335 e. The van der Waals surface area contributed by atoms with Gasteiger partial charge in [-0.3, -0.25) is 14.2 Å². The normalized spacial score (nSPS) is 17.2. The number of halogens is 1. The van der Waals surface area contributed by atoms with Crippen molar-refractivity contribution in [1.82, 2.24) is 14.5 Å². The van der Waals surface area contributed by atoms with Crippen LogP contribution in [-0.2, 0) is 6.54 Å². The number of likely N-dealkylation sites (tertiary alicyclic amines) is 1. The maximum absolute atomic E-state index is 13.4. The van der Waals surface area contributed by atoms with Gasteiger partial charge in [-0.2, -0.15) is 0 Å². The number of nitrogens with zero attached hydrogens (tertiary/aromatic N) is 3. The number of aryl methyl sites for hydroxylation is 1. The van der Waals surface area contributed by atoms with E-state index in [1.165, 1.54) is 34.4 Å². The number of fused-ring (bicyclic) bond motifs is 1. The molecule has 5 nitrogen and oxygen atoms in total. The van der Waals surface area contributed by atoms with Crippen molar-refractivity contribution in [2.24, 2.45) is 0 Å². The number of hydrogen-bond donors (Lipinski definition) is 0. The Morgan fingerprint density at radius 3 is 2.93 bits per heavy atom. The van der Waals surface area contributed by atoms with E-state index in [0.717, 1.165) is 25.8 Å². The number of carbonyl (C=O) groups excluding carboxylic acids is 1. The summed E-state index contributed by atoms with van der Waals surface area (Å²) < 4.78 is 14.9. The van der Waals surface area contributed by atoms with Crippen LogP contribution < -0.4 is 5.56 Å². The van der Waals surface area contributed by atoms with Crippen molar-refractivity contribution in [2.75, 3.05) is 6.54 Å². The van der Waals surface area contributed by atoms with Crippen LogP contribution in [0.5, 0.6) is 0 Å². The van der Waals surface area contributed by atoms with Gasteiger partial charge in [0.25, 0.3) is 11.5 Å². The Kier molecular flexibility index (Phi) is 5.02. The van der Waals surface area contributed by atoms with E-state index in [9.17, 15) is 14.0 Å². The lowest BCUT2D eigenvalue weighted by Crippen LogP contribution is -2.41. The molecule has 1 saturated heterocycles. The average molecular weight is 399 g/mol. The molecule has 0 saturated carbocycles. The highest BCUT2D eigenvalue weighted by Crippen LogP contribution is 2.30. The minimum atomic E-state index is -0.338. The van der Waals surface area contributed by atoms with E-state index in [4.69, 9.17) is 0 Å². The lowest BCUT2D eigenvalue weighted by molar-refractivity contribution is 0.0640. The molecular formula is C21H22FN3O2S. The summed E-state index contributed by atoms with van der Waals surface area (Å²) in [5, 5.41) is 0.483. The van der Waals surface area contributed by atoms with Crippen LogP contribution in [0, 0.1) is 12.7 Å². The van der Waals surface area contributed by atoms with E-state index in [2.05, 4.69) is 11.9 Å². The number of hydrogen-bond acceptors (Lipinski definition) is 4. The second-order valence-electron chi connectivity index (χ2n) is 7.39.